The van der Waals surface area contributed by atoms with Gasteiger partial charge < -0.3 is 9.47 Å². The number of epoxide rings is 2. The van der Waals surface area contributed by atoms with Gasteiger partial charge in [-0.15, -0.1) is 0 Å². The number of nitrogens with zero attached hydrogens (tertiary/aromatic N) is 1. The largest absolute Gasteiger partial charge is 0.373 e. The molecule has 2 rings (SSSR count). The number of nitrogens with two attached hydrogens (primary N) is 4. The molecule has 2 heterocycles. The molecule has 8 N–H and O–H groups in total. The number of hydrazine groups is 2. The minimum absolute atomic E-state index is 0.178. The molecule has 3 atom stereocenters. The summed E-state index contributed by atoms with van der Waals surface area (Å²) in [4.78, 5) is 0. The third kappa shape index (κ3) is 1.97. The Morgan fingerprint density at radius 1 is 1.46 bits per heavy atom. The Morgan fingerprint density at radius 2 is 2.00 bits per heavy atom. The van der Waals surface area contributed by atoms with Gasteiger partial charge in [-0.25, -0.2) is 0 Å². The third-order valence-corrected chi connectivity index (χ3v) is 2.36. The van der Waals surface area contributed by atoms with E-state index >= 15 is 0 Å². The summed E-state index contributed by atoms with van der Waals surface area (Å²) in [5.74, 6) is 9.81. The van der Waals surface area contributed by atoms with Crippen molar-refractivity contribution in [3.63, 3.8) is 0 Å². The minimum Gasteiger partial charge on any atom is -0.373 e. The van der Waals surface area contributed by atoms with Crippen molar-refractivity contribution in [2.24, 2.45) is 23.2 Å². The zero-order valence-electron chi connectivity index (χ0n) is 7.22. The van der Waals surface area contributed by atoms with E-state index in [9.17, 15) is 0 Å². The SMILES string of the molecule is NN(N)C(CC1CO1)C1OC1(N)N. The maximum Gasteiger partial charge on any atom is 0.199 e. The highest BCUT2D eigenvalue weighted by atomic mass is 16.6. The first-order valence-electron chi connectivity index (χ1n) is 4.16. The molecule has 0 aromatic heterocycles. The molecule has 2 fully saturated rings. The van der Waals surface area contributed by atoms with Crippen LogP contribution in [0.25, 0.3) is 0 Å². The molecule has 76 valence electrons. The third-order valence-electron chi connectivity index (χ3n) is 2.36. The molecule has 0 amide bonds. The van der Waals surface area contributed by atoms with E-state index in [2.05, 4.69) is 0 Å². The summed E-state index contributed by atoms with van der Waals surface area (Å²) in [6, 6.07) is -0.178. The van der Waals surface area contributed by atoms with E-state index in [0.717, 1.165) is 11.7 Å². The van der Waals surface area contributed by atoms with Gasteiger partial charge in [-0.05, 0) is 6.42 Å². The summed E-state index contributed by atoms with van der Waals surface area (Å²) in [5, 5.41) is 1.09. The maximum absolute atomic E-state index is 5.52. The summed E-state index contributed by atoms with van der Waals surface area (Å²) in [5.41, 5.74) is 11.0. The number of hydrogen-bond donors (Lipinski definition) is 4. The number of rotatable bonds is 4. The highest BCUT2D eigenvalue weighted by Gasteiger charge is 2.56. The molecular weight excluding hydrogens is 174 g/mol. The van der Waals surface area contributed by atoms with Gasteiger partial charge in [-0.1, -0.05) is 0 Å². The van der Waals surface area contributed by atoms with Crippen LogP contribution in [0.2, 0.25) is 0 Å². The fourth-order valence-electron chi connectivity index (χ4n) is 1.44. The first kappa shape index (κ1) is 9.28. The van der Waals surface area contributed by atoms with E-state index < -0.39 is 5.85 Å². The molecule has 13 heavy (non-hydrogen) atoms. The molecule has 0 saturated carbocycles. The Morgan fingerprint density at radius 3 is 2.31 bits per heavy atom. The second-order valence-electron chi connectivity index (χ2n) is 3.60. The highest BCUT2D eigenvalue weighted by molar-refractivity contribution is 5.01. The smallest absolute Gasteiger partial charge is 0.199 e. The van der Waals surface area contributed by atoms with Crippen molar-refractivity contribution in [1.82, 2.24) is 5.12 Å². The molecule has 2 aliphatic rings. The van der Waals surface area contributed by atoms with Crippen LogP contribution in [0.15, 0.2) is 0 Å². The zero-order valence-corrected chi connectivity index (χ0v) is 7.22. The van der Waals surface area contributed by atoms with Crippen LogP contribution in [-0.4, -0.2) is 35.8 Å². The zero-order chi connectivity index (χ0) is 9.64. The van der Waals surface area contributed by atoms with Crippen molar-refractivity contribution in [2.75, 3.05) is 6.61 Å². The molecule has 7 heteroatoms. The Hall–Kier alpha value is -0.280. The van der Waals surface area contributed by atoms with Crippen molar-refractivity contribution < 1.29 is 9.47 Å². The van der Waals surface area contributed by atoms with Crippen LogP contribution < -0.4 is 23.2 Å². The van der Waals surface area contributed by atoms with Crippen molar-refractivity contribution in [3.05, 3.63) is 0 Å². The van der Waals surface area contributed by atoms with Crippen molar-refractivity contribution in [3.8, 4) is 0 Å². The van der Waals surface area contributed by atoms with Gasteiger partial charge in [-0.2, -0.15) is 5.12 Å². The van der Waals surface area contributed by atoms with Gasteiger partial charge in [-0.3, -0.25) is 23.2 Å². The minimum atomic E-state index is -1.07. The molecule has 0 bridgehead atoms. The van der Waals surface area contributed by atoms with Crippen LogP contribution in [0, 0.1) is 0 Å². The molecular formula is C6H15N5O2. The van der Waals surface area contributed by atoms with Crippen LogP contribution >= 0.6 is 0 Å². The lowest BCUT2D eigenvalue weighted by atomic mass is 10.1. The summed E-state index contributed by atoms with van der Waals surface area (Å²) in [6.07, 6.45) is 0.625. The summed E-state index contributed by atoms with van der Waals surface area (Å²) in [7, 11) is 0. The fraction of sp³-hybridized carbons (Fsp3) is 1.00. The van der Waals surface area contributed by atoms with Crippen LogP contribution in [0.1, 0.15) is 6.42 Å². The Labute approximate surface area is 75.8 Å². The molecule has 3 unspecified atom stereocenters. The highest BCUT2D eigenvalue weighted by Crippen LogP contribution is 2.33. The van der Waals surface area contributed by atoms with Crippen molar-refractivity contribution >= 4 is 0 Å². The predicted molar refractivity (Wildman–Crippen MR) is 44.3 cm³/mol. The molecule has 2 saturated heterocycles. The standard InChI is InChI=1S/C6H15N5O2/c7-6(8)5(13-6)4(11(9)10)1-3-2-12-3/h3-5H,1-2,7-10H2. The molecule has 7 nitrogen and oxygen atoms in total. The predicted octanol–water partition coefficient (Wildman–Crippen LogP) is -2.84. The Kier molecular flexibility index (Phi) is 2.04. The quantitative estimate of drug-likeness (QED) is 0.162. The summed E-state index contributed by atoms with van der Waals surface area (Å²) < 4.78 is 10.1. The first-order valence-corrected chi connectivity index (χ1v) is 4.16. The van der Waals surface area contributed by atoms with E-state index in [0.29, 0.717) is 6.42 Å². The van der Waals surface area contributed by atoms with E-state index in [-0.39, 0.29) is 18.2 Å². The van der Waals surface area contributed by atoms with Crippen LogP contribution in [0.5, 0.6) is 0 Å². The monoisotopic (exact) mass is 189 g/mol. The molecule has 0 aliphatic carbocycles. The van der Waals surface area contributed by atoms with Crippen LogP contribution in [0.4, 0.5) is 0 Å². The summed E-state index contributed by atoms with van der Waals surface area (Å²) in [6.45, 7) is 0.749. The molecule has 0 aromatic rings. The number of ether oxygens (including phenoxy) is 2. The van der Waals surface area contributed by atoms with Gasteiger partial charge in [0.2, 0.25) is 0 Å². The van der Waals surface area contributed by atoms with Gasteiger partial charge >= 0.3 is 0 Å². The van der Waals surface area contributed by atoms with Crippen LogP contribution in [-0.2, 0) is 9.47 Å². The Balaban J connectivity index is 1.90. The van der Waals surface area contributed by atoms with Gasteiger partial charge in [0.15, 0.2) is 5.85 Å². The first-order chi connectivity index (χ1) is 6.00. The molecule has 0 radical (unpaired) electrons. The average Bonchev–Trinajstić information content (AvgIpc) is 2.84. The van der Waals surface area contributed by atoms with Crippen LogP contribution in [0.3, 0.4) is 0 Å². The van der Waals surface area contributed by atoms with Gasteiger partial charge in [0.05, 0.1) is 18.8 Å². The topological polar surface area (TPSA) is 132 Å². The lowest BCUT2D eigenvalue weighted by Gasteiger charge is -2.20. The van der Waals surface area contributed by atoms with E-state index in [1.807, 2.05) is 0 Å². The van der Waals surface area contributed by atoms with Crippen molar-refractivity contribution in [1.29, 1.82) is 0 Å². The molecule has 0 aromatic carbocycles. The fourth-order valence-corrected chi connectivity index (χ4v) is 1.44. The van der Waals surface area contributed by atoms with Gasteiger partial charge in [0.1, 0.15) is 6.10 Å². The van der Waals surface area contributed by atoms with Gasteiger partial charge in [0, 0.05) is 0 Å². The summed E-state index contributed by atoms with van der Waals surface area (Å²) >= 11 is 0. The second-order valence-corrected chi connectivity index (χ2v) is 3.60. The lowest BCUT2D eigenvalue weighted by molar-refractivity contribution is 0.147. The second kappa shape index (κ2) is 2.85. The number of hydrogen-bond acceptors (Lipinski definition) is 7. The van der Waals surface area contributed by atoms with Crippen molar-refractivity contribution in [2.45, 2.75) is 30.5 Å². The normalized spacial score (nSPS) is 37.6. The van der Waals surface area contributed by atoms with Gasteiger partial charge in [0.25, 0.3) is 0 Å². The maximum atomic E-state index is 5.52. The van der Waals surface area contributed by atoms with E-state index in [1.54, 1.807) is 0 Å². The lowest BCUT2D eigenvalue weighted by Crippen LogP contribution is -2.54. The van der Waals surface area contributed by atoms with E-state index in [1.165, 1.54) is 0 Å². The molecule has 2 aliphatic heterocycles. The Bertz CT molecular complexity index is 205. The van der Waals surface area contributed by atoms with E-state index in [4.69, 9.17) is 32.6 Å². The average molecular weight is 189 g/mol. The molecule has 0 spiro atoms.